The van der Waals surface area contributed by atoms with Gasteiger partial charge in [-0.05, 0) is 12.1 Å². The van der Waals surface area contributed by atoms with E-state index in [1.165, 1.54) is 7.11 Å². The Morgan fingerprint density at radius 2 is 1.85 bits per heavy atom. The zero-order chi connectivity index (χ0) is 10.1. The third-order valence-electron chi connectivity index (χ3n) is 1.61. The first-order chi connectivity index (χ1) is 5.93. The van der Waals surface area contributed by atoms with Crippen molar-refractivity contribution in [1.82, 2.24) is 0 Å². The Morgan fingerprint density at radius 1 is 1.23 bits per heavy atom. The predicted molar refractivity (Wildman–Crippen MR) is 47.6 cm³/mol. The van der Waals surface area contributed by atoms with Crippen molar-refractivity contribution in [2.45, 2.75) is 6.18 Å². The third kappa shape index (κ3) is 2.48. The molecule has 0 saturated heterocycles. The summed E-state index contributed by atoms with van der Waals surface area (Å²) in [6.07, 6.45) is -4.28. The average molecular weight is 206 g/mol. The van der Waals surface area contributed by atoms with Gasteiger partial charge in [-0.1, -0.05) is 11.3 Å². The van der Waals surface area contributed by atoms with Gasteiger partial charge in [0.1, 0.15) is 5.75 Å². The van der Waals surface area contributed by atoms with E-state index in [1.54, 1.807) is 6.07 Å². The fraction of sp³-hybridized carbons (Fsp3) is 0.250. The lowest BCUT2D eigenvalue weighted by Crippen LogP contribution is -2.11. The molecule has 0 aromatic heterocycles. The van der Waals surface area contributed by atoms with Crippen LogP contribution in [0.15, 0.2) is 18.2 Å². The second kappa shape index (κ2) is 3.41. The first-order valence-electron chi connectivity index (χ1n) is 3.66. The van der Waals surface area contributed by atoms with Crippen molar-refractivity contribution in [1.29, 1.82) is 0 Å². The average Bonchev–Trinajstić information content (AvgIpc) is 2.01. The van der Waals surface area contributed by atoms with Crippen molar-refractivity contribution in [3.05, 3.63) is 23.8 Å². The van der Waals surface area contributed by atoms with E-state index in [4.69, 9.17) is 4.74 Å². The van der Waals surface area contributed by atoms with Gasteiger partial charge in [-0.2, -0.15) is 13.2 Å². The molecular weight excluding hydrogens is 197 g/mol. The Kier molecular flexibility index (Phi) is 2.65. The van der Waals surface area contributed by atoms with E-state index in [-0.39, 0.29) is 5.75 Å². The molecule has 0 radical (unpaired) electrons. The molecule has 0 aliphatic heterocycles. The van der Waals surface area contributed by atoms with Crippen molar-refractivity contribution in [3.8, 4) is 5.75 Å². The fourth-order valence-corrected chi connectivity index (χ4v) is 1.62. The predicted octanol–water partition coefficient (Wildman–Crippen LogP) is 0.705. The second-order valence-electron chi connectivity index (χ2n) is 2.74. The lowest BCUT2D eigenvalue weighted by Gasteiger charge is -2.09. The quantitative estimate of drug-likeness (QED) is 0.615. The molecule has 0 atom stereocenters. The maximum Gasteiger partial charge on any atom is 0.416 e. The molecule has 0 unspecified atom stereocenters. The first-order valence-corrected chi connectivity index (χ1v) is 4.66. The molecule has 5 heteroatoms. The molecule has 0 N–H and O–H groups in total. The van der Waals surface area contributed by atoms with Crippen LogP contribution < -0.4 is 9.92 Å². The topological polar surface area (TPSA) is 9.23 Å². The smallest absolute Gasteiger partial charge is 0.416 e. The van der Waals surface area contributed by atoms with Crippen LogP contribution in [0.5, 0.6) is 5.75 Å². The monoisotopic (exact) mass is 206 g/mol. The summed E-state index contributed by atoms with van der Waals surface area (Å²) >= 11 is 0. The number of hydrogen-bond acceptors (Lipinski definition) is 1. The maximum atomic E-state index is 12.2. The molecule has 1 aromatic carbocycles. The molecular formula is C8H9F3OSi. The van der Waals surface area contributed by atoms with Gasteiger partial charge in [-0.3, -0.25) is 0 Å². The zero-order valence-electron chi connectivity index (χ0n) is 7.27. The second-order valence-corrected chi connectivity index (χ2v) is 3.89. The minimum absolute atomic E-state index is 0.264. The van der Waals surface area contributed by atoms with Crippen molar-refractivity contribution >= 4 is 15.4 Å². The Labute approximate surface area is 76.9 Å². The lowest BCUT2D eigenvalue weighted by atomic mass is 10.2. The molecule has 13 heavy (non-hydrogen) atoms. The Balaban J connectivity index is 3.16. The van der Waals surface area contributed by atoms with Crippen molar-refractivity contribution in [3.63, 3.8) is 0 Å². The van der Waals surface area contributed by atoms with Gasteiger partial charge in [0.05, 0.1) is 12.7 Å². The van der Waals surface area contributed by atoms with E-state index in [0.29, 0.717) is 15.4 Å². The molecule has 1 nitrogen and oxygen atoms in total. The van der Waals surface area contributed by atoms with Crippen LogP contribution in [0.3, 0.4) is 0 Å². The molecule has 1 aromatic rings. The van der Waals surface area contributed by atoms with Gasteiger partial charge in [0.25, 0.3) is 0 Å². The minimum Gasteiger partial charge on any atom is -0.497 e. The van der Waals surface area contributed by atoms with E-state index in [2.05, 4.69) is 0 Å². The van der Waals surface area contributed by atoms with Gasteiger partial charge < -0.3 is 4.74 Å². The first kappa shape index (κ1) is 10.1. The van der Waals surface area contributed by atoms with Crippen molar-refractivity contribution in [2.75, 3.05) is 7.11 Å². The minimum atomic E-state index is -4.28. The highest BCUT2D eigenvalue weighted by Gasteiger charge is 2.30. The highest BCUT2D eigenvalue weighted by molar-refractivity contribution is 6.32. The number of ether oxygens (including phenoxy) is 1. The molecule has 0 amide bonds. The summed E-state index contributed by atoms with van der Waals surface area (Å²) in [7, 11) is 1.94. The highest BCUT2D eigenvalue weighted by atomic mass is 28.1. The zero-order valence-corrected chi connectivity index (χ0v) is 9.27. The summed E-state index contributed by atoms with van der Waals surface area (Å²) < 4.78 is 41.5. The largest absolute Gasteiger partial charge is 0.497 e. The van der Waals surface area contributed by atoms with Gasteiger partial charge >= 0.3 is 6.18 Å². The maximum absolute atomic E-state index is 12.2. The molecule has 0 fully saturated rings. The Bertz CT molecular complexity index is 309. The number of halogens is 3. The summed E-state index contributed by atoms with van der Waals surface area (Å²) in [5, 5.41) is 0.673. The summed E-state index contributed by atoms with van der Waals surface area (Å²) in [4.78, 5) is 0. The van der Waals surface area contributed by atoms with Crippen LogP contribution in [0, 0.1) is 0 Å². The SMILES string of the molecule is COc1cc([SiH3])cc(C(F)(F)F)c1. The van der Waals surface area contributed by atoms with Crippen LogP contribution in [0.2, 0.25) is 0 Å². The van der Waals surface area contributed by atoms with Crippen LogP contribution >= 0.6 is 0 Å². The van der Waals surface area contributed by atoms with Crippen LogP contribution in [0.1, 0.15) is 5.56 Å². The number of methoxy groups -OCH3 is 1. The summed E-state index contributed by atoms with van der Waals surface area (Å²) in [5.74, 6) is 0.264. The van der Waals surface area contributed by atoms with Crippen LogP contribution in [0.25, 0.3) is 0 Å². The molecule has 0 bridgehead atoms. The van der Waals surface area contributed by atoms with E-state index < -0.39 is 11.7 Å². The van der Waals surface area contributed by atoms with Gasteiger partial charge in [0.2, 0.25) is 0 Å². The van der Waals surface area contributed by atoms with Gasteiger partial charge in [0.15, 0.2) is 0 Å². The molecule has 0 aliphatic carbocycles. The van der Waals surface area contributed by atoms with E-state index in [9.17, 15) is 13.2 Å². The van der Waals surface area contributed by atoms with E-state index >= 15 is 0 Å². The normalized spacial score (nSPS) is 11.7. The van der Waals surface area contributed by atoms with Crippen molar-refractivity contribution < 1.29 is 17.9 Å². The molecule has 0 spiro atoms. The van der Waals surface area contributed by atoms with Crippen molar-refractivity contribution in [2.24, 2.45) is 0 Å². The Hall–Kier alpha value is -0.973. The summed E-state index contributed by atoms with van der Waals surface area (Å²) in [6, 6.07) is 3.76. The highest BCUT2D eigenvalue weighted by Crippen LogP contribution is 2.30. The summed E-state index contributed by atoms with van der Waals surface area (Å²) in [6.45, 7) is 0. The van der Waals surface area contributed by atoms with Gasteiger partial charge in [-0.15, -0.1) is 0 Å². The lowest BCUT2D eigenvalue weighted by molar-refractivity contribution is -0.137. The molecule has 72 valence electrons. The number of hydrogen-bond donors (Lipinski definition) is 0. The van der Waals surface area contributed by atoms with Gasteiger partial charge in [-0.25, -0.2) is 0 Å². The summed E-state index contributed by atoms with van der Waals surface area (Å²) in [5.41, 5.74) is -0.642. The fourth-order valence-electron chi connectivity index (χ4n) is 1.03. The molecule has 1 rings (SSSR count). The molecule has 0 aliphatic rings. The molecule has 0 saturated carbocycles. The van der Waals surface area contributed by atoms with E-state index in [1.807, 2.05) is 0 Å². The standard InChI is InChI=1S/C8H9F3OSi/c1-12-6-2-5(8(9,10)11)3-7(13)4-6/h2-4H,1,13H3. The Morgan fingerprint density at radius 3 is 2.31 bits per heavy atom. The van der Waals surface area contributed by atoms with Crippen LogP contribution in [-0.4, -0.2) is 17.4 Å². The van der Waals surface area contributed by atoms with Gasteiger partial charge in [0, 0.05) is 10.2 Å². The van der Waals surface area contributed by atoms with E-state index in [0.717, 1.165) is 12.1 Å². The third-order valence-corrected chi connectivity index (χ3v) is 2.19. The van der Waals surface area contributed by atoms with Crippen LogP contribution in [-0.2, 0) is 6.18 Å². The number of alkyl halides is 3. The molecule has 0 heterocycles. The van der Waals surface area contributed by atoms with Crippen LogP contribution in [0.4, 0.5) is 13.2 Å². The number of rotatable bonds is 1. The number of benzene rings is 1.